The van der Waals surface area contributed by atoms with Crippen molar-refractivity contribution in [2.45, 2.75) is 51.4 Å². The van der Waals surface area contributed by atoms with E-state index in [1.807, 2.05) is 6.07 Å². The molecule has 5 rings (SSSR count). The van der Waals surface area contributed by atoms with Crippen LogP contribution >= 0.6 is 0 Å². The Balaban J connectivity index is 1.50. The summed E-state index contributed by atoms with van der Waals surface area (Å²) < 4.78 is 5.92. The molecule has 2 aliphatic heterocycles. The van der Waals surface area contributed by atoms with Gasteiger partial charge in [-0.2, -0.15) is 0 Å². The molecule has 3 aromatic rings. The molecule has 0 spiro atoms. The third-order valence-corrected chi connectivity index (χ3v) is 7.34. The molecule has 4 atom stereocenters. The number of benzene rings is 1. The van der Waals surface area contributed by atoms with Crippen LogP contribution in [0.5, 0.6) is 5.75 Å². The predicted molar refractivity (Wildman–Crippen MR) is 148 cm³/mol. The second-order valence-electron chi connectivity index (χ2n) is 10.6. The highest BCUT2D eigenvalue weighted by molar-refractivity contribution is 6.02. The molecule has 0 unspecified atom stereocenters. The Hall–Kier alpha value is -4.52. The number of carbonyl (C=O) groups is 4. The number of carbonyl (C=O) groups excluding carboxylic acids is 4. The van der Waals surface area contributed by atoms with Crippen LogP contribution in [0, 0.1) is 5.92 Å². The van der Waals surface area contributed by atoms with Crippen molar-refractivity contribution in [3.63, 3.8) is 0 Å². The minimum absolute atomic E-state index is 0.0188. The zero-order valence-corrected chi connectivity index (χ0v) is 23.0. The second-order valence-corrected chi connectivity index (χ2v) is 10.6. The maximum absolute atomic E-state index is 13.7. The van der Waals surface area contributed by atoms with Crippen molar-refractivity contribution in [1.29, 1.82) is 0 Å². The molecular formula is C28H33N7O6. The highest BCUT2D eigenvalue weighted by atomic mass is 16.5. The number of ether oxygens (including phenoxy) is 1. The van der Waals surface area contributed by atoms with Crippen LogP contribution in [0.15, 0.2) is 36.8 Å². The van der Waals surface area contributed by atoms with Gasteiger partial charge in [0.25, 0.3) is 5.91 Å². The highest BCUT2D eigenvalue weighted by Gasteiger charge is 2.41. The molecule has 2 aliphatic rings. The lowest BCUT2D eigenvalue weighted by atomic mass is 10.0. The summed E-state index contributed by atoms with van der Waals surface area (Å²) in [5, 5.41) is 19.2. The van der Waals surface area contributed by atoms with Gasteiger partial charge >= 0.3 is 0 Å². The minimum atomic E-state index is -0.988. The van der Waals surface area contributed by atoms with E-state index in [1.165, 1.54) is 18.2 Å². The summed E-state index contributed by atoms with van der Waals surface area (Å²) in [5.74, 6) is -2.09. The van der Waals surface area contributed by atoms with E-state index < -0.39 is 47.9 Å². The van der Waals surface area contributed by atoms with E-state index in [9.17, 15) is 24.3 Å². The Morgan fingerprint density at radius 1 is 1.07 bits per heavy atom. The topological polar surface area (TPSA) is 179 Å². The van der Waals surface area contributed by atoms with E-state index in [1.54, 1.807) is 38.2 Å². The molecule has 41 heavy (non-hydrogen) atoms. The van der Waals surface area contributed by atoms with Crippen LogP contribution in [-0.2, 0) is 14.4 Å². The van der Waals surface area contributed by atoms with E-state index in [0.29, 0.717) is 16.9 Å². The summed E-state index contributed by atoms with van der Waals surface area (Å²) in [4.78, 5) is 66.1. The molecule has 13 nitrogen and oxygen atoms in total. The lowest BCUT2D eigenvalue weighted by Crippen LogP contribution is -2.57. The fraction of sp³-hybridized carbons (Fsp3) is 0.429. The first kappa shape index (κ1) is 28.0. The van der Waals surface area contributed by atoms with Gasteiger partial charge in [0.05, 0.1) is 23.9 Å². The standard InChI is InChI=1S/C28H33N7O6/c1-14(2)22-27(39)33-15(3)28(40)35-12-17(36)11-20(35)26(38)30-8-9-41-21-5-4-16(10-19(21)25(37)34-22)23-18-6-7-29-24(18)32-13-31-23/h4-7,10,13-15,17,20,22,36H,8-9,11-12H2,1-3H3,(H,30,38)(H,33,39)(H,34,37)(H,29,31,32)/t15-,17+,20+,22+/m1/s1. The lowest BCUT2D eigenvalue weighted by molar-refractivity contribution is -0.141. The molecule has 216 valence electrons. The lowest BCUT2D eigenvalue weighted by Gasteiger charge is -2.29. The highest BCUT2D eigenvalue weighted by Crippen LogP contribution is 2.30. The number of hydrogen-bond acceptors (Lipinski definition) is 8. The molecule has 4 heterocycles. The molecule has 0 aliphatic carbocycles. The summed E-state index contributed by atoms with van der Waals surface area (Å²) in [7, 11) is 0. The monoisotopic (exact) mass is 563 g/mol. The van der Waals surface area contributed by atoms with Gasteiger partial charge < -0.3 is 35.7 Å². The molecule has 1 saturated heterocycles. The van der Waals surface area contributed by atoms with E-state index in [4.69, 9.17) is 4.74 Å². The van der Waals surface area contributed by atoms with E-state index in [0.717, 1.165) is 5.39 Å². The van der Waals surface area contributed by atoms with Crippen molar-refractivity contribution in [2.75, 3.05) is 19.7 Å². The average Bonchev–Trinajstić information content (AvgIpc) is 3.59. The van der Waals surface area contributed by atoms with E-state index >= 15 is 0 Å². The molecule has 13 heteroatoms. The van der Waals surface area contributed by atoms with Crippen LogP contribution < -0.4 is 20.7 Å². The number of aliphatic hydroxyl groups excluding tert-OH is 1. The van der Waals surface area contributed by atoms with Gasteiger partial charge in [-0.3, -0.25) is 19.2 Å². The smallest absolute Gasteiger partial charge is 0.255 e. The number of fused-ring (bicyclic) bond motifs is 3. The number of aromatic amines is 1. The van der Waals surface area contributed by atoms with E-state index in [-0.39, 0.29) is 43.3 Å². The van der Waals surface area contributed by atoms with Gasteiger partial charge in [-0.05, 0) is 37.1 Å². The van der Waals surface area contributed by atoms with Gasteiger partial charge in [0, 0.05) is 30.1 Å². The van der Waals surface area contributed by atoms with Crippen LogP contribution in [0.2, 0.25) is 0 Å². The molecular weight excluding hydrogens is 530 g/mol. The molecule has 5 N–H and O–H groups in total. The SMILES string of the molecule is CC(C)[C@@H]1NC(=O)c2cc(-c3ncnc4[nH]ccc34)ccc2OCCNC(=O)[C@@H]2C[C@H](O)CN2C(=O)[C@@H](C)NC1=O. The number of nitrogens with one attached hydrogen (secondary N) is 4. The number of nitrogens with zero attached hydrogens (tertiary/aromatic N) is 3. The van der Waals surface area contributed by atoms with Crippen molar-refractivity contribution >= 4 is 34.7 Å². The molecule has 0 saturated carbocycles. The van der Waals surface area contributed by atoms with Crippen LogP contribution in [0.4, 0.5) is 0 Å². The Morgan fingerprint density at radius 2 is 1.88 bits per heavy atom. The summed E-state index contributed by atoms with van der Waals surface area (Å²) >= 11 is 0. The Kier molecular flexibility index (Phi) is 7.88. The quantitative estimate of drug-likeness (QED) is 0.296. The average molecular weight is 564 g/mol. The van der Waals surface area contributed by atoms with Crippen molar-refractivity contribution < 1.29 is 29.0 Å². The van der Waals surface area contributed by atoms with Crippen molar-refractivity contribution in [3.05, 3.63) is 42.4 Å². The number of H-pyrrole nitrogens is 1. The summed E-state index contributed by atoms with van der Waals surface area (Å²) in [6.45, 7) is 5.20. The normalized spacial score (nSPS) is 24.4. The first-order valence-corrected chi connectivity index (χ1v) is 13.6. The first-order chi connectivity index (χ1) is 19.6. The van der Waals surface area contributed by atoms with Gasteiger partial charge in [0.1, 0.15) is 42.5 Å². The molecule has 0 radical (unpaired) electrons. The van der Waals surface area contributed by atoms with Gasteiger partial charge in [-0.25, -0.2) is 9.97 Å². The van der Waals surface area contributed by atoms with E-state index in [2.05, 4.69) is 30.9 Å². The third-order valence-electron chi connectivity index (χ3n) is 7.34. The number of aliphatic hydroxyl groups is 1. The van der Waals surface area contributed by atoms with Crippen LogP contribution in [-0.4, -0.2) is 92.5 Å². The zero-order chi connectivity index (χ0) is 29.3. The van der Waals surface area contributed by atoms with Gasteiger partial charge in [0.15, 0.2) is 0 Å². The summed E-state index contributed by atoms with van der Waals surface area (Å²) in [5.41, 5.74) is 2.07. The zero-order valence-electron chi connectivity index (χ0n) is 23.0. The van der Waals surface area contributed by atoms with Crippen molar-refractivity contribution in [3.8, 4) is 17.0 Å². The van der Waals surface area contributed by atoms with Crippen LogP contribution in [0.1, 0.15) is 37.6 Å². The first-order valence-electron chi connectivity index (χ1n) is 13.6. The largest absolute Gasteiger partial charge is 0.491 e. The number of rotatable bonds is 2. The predicted octanol–water partition coefficient (Wildman–Crippen LogP) is 0.354. The van der Waals surface area contributed by atoms with Gasteiger partial charge in [-0.15, -0.1) is 0 Å². The fourth-order valence-corrected chi connectivity index (χ4v) is 5.21. The van der Waals surface area contributed by atoms with Gasteiger partial charge in [0.2, 0.25) is 17.7 Å². The van der Waals surface area contributed by atoms with Crippen LogP contribution in [0.25, 0.3) is 22.3 Å². The Bertz CT molecular complexity index is 1490. The maximum Gasteiger partial charge on any atom is 0.255 e. The molecule has 1 aromatic carbocycles. The molecule has 2 aromatic heterocycles. The van der Waals surface area contributed by atoms with Gasteiger partial charge in [-0.1, -0.05) is 13.8 Å². The molecule has 0 bridgehead atoms. The minimum Gasteiger partial charge on any atom is -0.491 e. The Morgan fingerprint density at radius 3 is 2.66 bits per heavy atom. The van der Waals surface area contributed by atoms with Crippen LogP contribution in [0.3, 0.4) is 0 Å². The van der Waals surface area contributed by atoms with Crippen molar-refractivity contribution in [1.82, 2.24) is 35.8 Å². The maximum atomic E-state index is 13.7. The summed E-state index contributed by atoms with van der Waals surface area (Å²) in [6, 6.07) is 4.07. The fourth-order valence-electron chi connectivity index (χ4n) is 5.21. The number of hydrogen-bond donors (Lipinski definition) is 5. The number of aromatic nitrogens is 3. The van der Waals surface area contributed by atoms with Crippen molar-refractivity contribution in [2.24, 2.45) is 5.92 Å². The number of amides is 4. The Labute approximate surface area is 236 Å². The third kappa shape index (κ3) is 5.71. The summed E-state index contributed by atoms with van der Waals surface area (Å²) in [6.07, 6.45) is 2.41. The second kappa shape index (κ2) is 11.5. The molecule has 4 amide bonds. The molecule has 1 fully saturated rings.